The molecule has 0 heterocycles. The molecule has 4 heteroatoms. The fourth-order valence-electron chi connectivity index (χ4n) is 2.91. The first-order valence-corrected chi connectivity index (χ1v) is 8.74. The number of amides is 1. The molecule has 0 radical (unpaired) electrons. The maximum absolute atomic E-state index is 12.4. The van der Waals surface area contributed by atoms with Crippen LogP contribution in [0.15, 0.2) is 42.5 Å². The fraction of sp³-hybridized carbons (Fsp3) is 0.381. The Balaban J connectivity index is 2.01. The third kappa shape index (κ3) is 4.75. The lowest BCUT2D eigenvalue weighted by Crippen LogP contribution is -2.30. The largest absolute Gasteiger partial charge is 0.496 e. The molecule has 0 saturated heterocycles. The van der Waals surface area contributed by atoms with E-state index in [0.29, 0.717) is 18.2 Å². The van der Waals surface area contributed by atoms with E-state index in [0.717, 1.165) is 29.1 Å². The van der Waals surface area contributed by atoms with Crippen molar-refractivity contribution in [2.45, 2.75) is 40.3 Å². The zero-order valence-electron chi connectivity index (χ0n) is 15.8. The summed E-state index contributed by atoms with van der Waals surface area (Å²) in [5.41, 5.74) is 3.91. The summed E-state index contributed by atoms with van der Waals surface area (Å²) in [6.07, 6.45) is 0. The van der Waals surface area contributed by atoms with Crippen molar-refractivity contribution in [3.05, 3.63) is 59.2 Å². The molecule has 0 atom stereocenters. The van der Waals surface area contributed by atoms with Gasteiger partial charge in [-0.1, -0.05) is 12.1 Å². The summed E-state index contributed by atoms with van der Waals surface area (Å²) in [5.74, 6) is 0.767. The van der Waals surface area contributed by atoms with E-state index in [9.17, 15) is 4.79 Å². The fourth-order valence-corrected chi connectivity index (χ4v) is 2.91. The van der Waals surface area contributed by atoms with Crippen LogP contribution in [0.2, 0.25) is 0 Å². The molecule has 0 bridgehead atoms. The molecule has 0 fully saturated rings. The molecule has 0 aliphatic carbocycles. The minimum absolute atomic E-state index is 0.0707. The van der Waals surface area contributed by atoms with Crippen LogP contribution >= 0.6 is 0 Å². The second kappa shape index (κ2) is 8.56. The maximum Gasteiger partial charge on any atom is 0.251 e. The van der Waals surface area contributed by atoms with E-state index in [-0.39, 0.29) is 5.91 Å². The predicted molar refractivity (Wildman–Crippen MR) is 103 cm³/mol. The lowest BCUT2D eigenvalue weighted by atomic mass is 10.1. The number of methoxy groups -OCH3 is 1. The van der Waals surface area contributed by atoms with Gasteiger partial charge in [-0.05, 0) is 69.2 Å². The van der Waals surface area contributed by atoms with Crippen LogP contribution in [0.5, 0.6) is 5.75 Å². The summed E-state index contributed by atoms with van der Waals surface area (Å²) < 4.78 is 5.33. The number of carbonyl (C=O) groups excluding carboxylic acids is 1. The Hall–Kier alpha value is -2.49. The Labute approximate surface area is 150 Å². The van der Waals surface area contributed by atoms with Gasteiger partial charge in [0.15, 0.2) is 0 Å². The van der Waals surface area contributed by atoms with E-state index in [1.165, 1.54) is 0 Å². The summed E-state index contributed by atoms with van der Waals surface area (Å²) in [6, 6.07) is 14.2. The quantitative estimate of drug-likeness (QED) is 0.822. The van der Waals surface area contributed by atoms with Crippen molar-refractivity contribution in [3.8, 4) is 5.75 Å². The van der Waals surface area contributed by atoms with Crippen LogP contribution in [0.3, 0.4) is 0 Å². The standard InChI is InChI=1S/C21H28N2O2/c1-6-23(15(2)3)19-11-9-18(10-12-19)21(24)22-14-17-8-7-16(4)20(13-17)25-5/h7-13,15H,6,14H2,1-5H3,(H,22,24). The SMILES string of the molecule is CCN(c1ccc(C(=O)NCc2ccc(C)c(OC)c2)cc1)C(C)C. The molecule has 0 saturated carbocycles. The Morgan fingerprint density at radius 1 is 1.16 bits per heavy atom. The molecule has 4 nitrogen and oxygen atoms in total. The number of ether oxygens (including phenoxy) is 1. The molecular weight excluding hydrogens is 312 g/mol. The molecule has 2 aromatic rings. The monoisotopic (exact) mass is 340 g/mol. The van der Waals surface area contributed by atoms with E-state index in [1.54, 1.807) is 7.11 Å². The molecule has 0 unspecified atom stereocenters. The van der Waals surface area contributed by atoms with Crippen molar-refractivity contribution >= 4 is 11.6 Å². The van der Waals surface area contributed by atoms with Gasteiger partial charge in [-0.15, -0.1) is 0 Å². The number of nitrogens with zero attached hydrogens (tertiary/aromatic N) is 1. The molecule has 2 rings (SSSR count). The van der Waals surface area contributed by atoms with Crippen LogP contribution in [0.1, 0.15) is 42.3 Å². The highest BCUT2D eigenvalue weighted by Gasteiger charge is 2.10. The lowest BCUT2D eigenvalue weighted by molar-refractivity contribution is 0.0951. The number of nitrogens with one attached hydrogen (secondary N) is 1. The van der Waals surface area contributed by atoms with E-state index < -0.39 is 0 Å². The number of benzene rings is 2. The second-order valence-electron chi connectivity index (χ2n) is 6.41. The Bertz CT molecular complexity index is 708. The average molecular weight is 340 g/mol. The van der Waals surface area contributed by atoms with Crippen molar-refractivity contribution < 1.29 is 9.53 Å². The molecule has 0 aliphatic rings. The van der Waals surface area contributed by atoms with Crippen LogP contribution in [-0.2, 0) is 6.54 Å². The van der Waals surface area contributed by atoms with Crippen molar-refractivity contribution in [3.63, 3.8) is 0 Å². The summed E-state index contributed by atoms with van der Waals surface area (Å²) in [4.78, 5) is 14.7. The molecule has 1 N–H and O–H groups in total. The van der Waals surface area contributed by atoms with Crippen molar-refractivity contribution in [1.29, 1.82) is 0 Å². The normalized spacial score (nSPS) is 10.6. The van der Waals surface area contributed by atoms with Gasteiger partial charge in [0.25, 0.3) is 5.91 Å². The van der Waals surface area contributed by atoms with E-state index in [4.69, 9.17) is 4.74 Å². The highest BCUT2D eigenvalue weighted by molar-refractivity contribution is 5.94. The summed E-state index contributed by atoms with van der Waals surface area (Å²) in [6.45, 7) is 9.89. The van der Waals surface area contributed by atoms with Crippen molar-refractivity contribution in [2.24, 2.45) is 0 Å². The van der Waals surface area contributed by atoms with Gasteiger partial charge in [0.05, 0.1) is 7.11 Å². The molecule has 2 aromatic carbocycles. The van der Waals surface area contributed by atoms with E-state index >= 15 is 0 Å². The second-order valence-corrected chi connectivity index (χ2v) is 6.41. The van der Waals surface area contributed by atoms with E-state index in [2.05, 4.69) is 31.0 Å². The minimum atomic E-state index is -0.0707. The van der Waals surface area contributed by atoms with Gasteiger partial charge in [-0.25, -0.2) is 0 Å². The van der Waals surface area contributed by atoms with Crippen LogP contribution in [0.25, 0.3) is 0 Å². The molecule has 0 aliphatic heterocycles. The smallest absolute Gasteiger partial charge is 0.251 e. The molecule has 0 spiro atoms. The van der Waals surface area contributed by atoms with Gasteiger partial charge in [-0.2, -0.15) is 0 Å². The van der Waals surface area contributed by atoms with Gasteiger partial charge in [0.2, 0.25) is 0 Å². The van der Waals surface area contributed by atoms with E-state index in [1.807, 2.05) is 49.4 Å². The number of hydrogen-bond acceptors (Lipinski definition) is 3. The number of carbonyl (C=O) groups is 1. The highest BCUT2D eigenvalue weighted by atomic mass is 16.5. The Morgan fingerprint density at radius 3 is 2.40 bits per heavy atom. The van der Waals surface area contributed by atoms with Crippen LogP contribution in [0, 0.1) is 6.92 Å². The van der Waals surface area contributed by atoms with Crippen LogP contribution in [-0.4, -0.2) is 25.6 Å². The number of anilines is 1. The highest BCUT2D eigenvalue weighted by Crippen LogP contribution is 2.20. The van der Waals surface area contributed by atoms with Crippen molar-refractivity contribution in [2.75, 3.05) is 18.6 Å². The number of hydrogen-bond donors (Lipinski definition) is 1. The van der Waals surface area contributed by atoms with Crippen LogP contribution < -0.4 is 15.0 Å². The van der Waals surface area contributed by atoms with Gasteiger partial charge in [-0.3, -0.25) is 4.79 Å². The predicted octanol–water partition coefficient (Wildman–Crippen LogP) is 4.17. The maximum atomic E-state index is 12.4. The number of aryl methyl sites for hydroxylation is 1. The molecule has 25 heavy (non-hydrogen) atoms. The first-order valence-electron chi connectivity index (χ1n) is 8.74. The van der Waals surface area contributed by atoms with Crippen LogP contribution in [0.4, 0.5) is 5.69 Å². The summed E-state index contributed by atoms with van der Waals surface area (Å²) >= 11 is 0. The lowest BCUT2D eigenvalue weighted by Gasteiger charge is -2.27. The first-order chi connectivity index (χ1) is 12.0. The molecule has 1 amide bonds. The molecule has 0 aromatic heterocycles. The zero-order valence-corrected chi connectivity index (χ0v) is 15.8. The Kier molecular flexibility index (Phi) is 6.45. The first kappa shape index (κ1) is 18.8. The van der Waals surface area contributed by atoms with Crippen molar-refractivity contribution in [1.82, 2.24) is 5.32 Å². The Morgan fingerprint density at radius 2 is 1.84 bits per heavy atom. The van der Waals surface area contributed by atoms with Gasteiger partial charge in [0, 0.05) is 30.4 Å². The van der Waals surface area contributed by atoms with Gasteiger partial charge < -0.3 is 15.0 Å². The minimum Gasteiger partial charge on any atom is -0.496 e. The molecule has 134 valence electrons. The topological polar surface area (TPSA) is 41.6 Å². The third-order valence-electron chi connectivity index (χ3n) is 4.35. The van der Waals surface area contributed by atoms with Gasteiger partial charge in [0.1, 0.15) is 5.75 Å². The average Bonchev–Trinajstić information content (AvgIpc) is 2.61. The number of rotatable bonds is 7. The zero-order chi connectivity index (χ0) is 18.4. The summed E-state index contributed by atoms with van der Waals surface area (Å²) in [5, 5.41) is 2.96. The van der Waals surface area contributed by atoms with Gasteiger partial charge >= 0.3 is 0 Å². The third-order valence-corrected chi connectivity index (χ3v) is 4.35. The molecular formula is C21H28N2O2. The summed E-state index contributed by atoms with van der Waals surface area (Å²) in [7, 11) is 1.66.